The fourth-order valence-corrected chi connectivity index (χ4v) is 8.10. The van der Waals surface area contributed by atoms with Gasteiger partial charge < -0.3 is 0 Å². The summed E-state index contributed by atoms with van der Waals surface area (Å²) in [6, 6.07) is 19.7. The van der Waals surface area contributed by atoms with E-state index in [0.29, 0.717) is 0 Å². The summed E-state index contributed by atoms with van der Waals surface area (Å²) >= 11 is -1.98. The monoisotopic (exact) mass is 389 g/mol. The first-order chi connectivity index (χ1) is 11.8. The third-order valence-electron chi connectivity index (χ3n) is 5.41. The molecule has 1 nitrogen and oxygen atoms in total. The van der Waals surface area contributed by atoms with Gasteiger partial charge in [-0.3, -0.25) is 0 Å². The van der Waals surface area contributed by atoms with E-state index in [1.165, 1.54) is 22.3 Å². The first kappa shape index (κ1) is 16.6. The normalized spacial score (nSPS) is 14.9. The molecule has 2 aromatic carbocycles. The van der Waals surface area contributed by atoms with Crippen molar-refractivity contribution in [2.45, 2.75) is 36.5 Å². The SMILES string of the molecule is CC1(C)c2c(ccc[c]2[Ge]([CH3])([CH3])[CH3])-c2ccnc(-c3ccccc3)c21. The van der Waals surface area contributed by atoms with Crippen molar-refractivity contribution in [2.24, 2.45) is 0 Å². The van der Waals surface area contributed by atoms with Gasteiger partial charge in [0.2, 0.25) is 0 Å². The second kappa shape index (κ2) is 5.57. The Morgan fingerprint density at radius 2 is 1.44 bits per heavy atom. The van der Waals surface area contributed by atoms with Crippen LogP contribution in [0.1, 0.15) is 25.0 Å². The van der Waals surface area contributed by atoms with Crippen LogP contribution in [-0.2, 0) is 5.41 Å². The summed E-state index contributed by atoms with van der Waals surface area (Å²) in [4.78, 5) is 4.81. The molecule has 0 atom stereocenters. The molecule has 0 saturated carbocycles. The Hall–Kier alpha value is -1.87. The summed E-state index contributed by atoms with van der Waals surface area (Å²) in [6.45, 7) is 4.76. The number of benzene rings is 2. The number of fused-ring (bicyclic) bond motifs is 3. The van der Waals surface area contributed by atoms with E-state index in [0.717, 1.165) is 5.69 Å². The Morgan fingerprint density at radius 1 is 0.760 bits per heavy atom. The molecule has 3 aromatic rings. The predicted octanol–water partition coefficient (Wildman–Crippen LogP) is 5.60. The van der Waals surface area contributed by atoms with E-state index < -0.39 is 13.3 Å². The van der Waals surface area contributed by atoms with E-state index in [1.54, 1.807) is 9.96 Å². The van der Waals surface area contributed by atoms with Gasteiger partial charge in [0.05, 0.1) is 0 Å². The van der Waals surface area contributed by atoms with Crippen LogP contribution in [0, 0.1) is 0 Å². The molecule has 25 heavy (non-hydrogen) atoms. The molecule has 0 saturated heterocycles. The third kappa shape index (κ3) is 2.48. The van der Waals surface area contributed by atoms with Gasteiger partial charge in [-0.1, -0.05) is 0 Å². The average molecular weight is 388 g/mol. The molecule has 1 heterocycles. The quantitative estimate of drug-likeness (QED) is 0.521. The maximum absolute atomic E-state index is 4.81. The van der Waals surface area contributed by atoms with E-state index in [2.05, 4.69) is 85.7 Å². The minimum absolute atomic E-state index is 0.0147. The maximum atomic E-state index is 4.81. The summed E-state index contributed by atoms with van der Waals surface area (Å²) in [7, 11) is 0. The van der Waals surface area contributed by atoms with Crippen molar-refractivity contribution in [2.75, 3.05) is 0 Å². The van der Waals surface area contributed by atoms with Crippen molar-refractivity contribution in [1.82, 2.24) is 4.98 Å². The third-order valence-corrected chi connectivity index (χ3v) is 9.68. The number of rotatable bonds is 2. The predicted molar refractivity (Wildman–Crippen MR) is 110 cm³/mol. The van der Waals surface area contributed by atoms with E-state index in [-0.39, 0.29) is 5.41 Å². The number of hydrogen-bond donors (Lipinski definition) is 0. The topological polar surface area (TPSA) is 12.9 Å². The molecule has 0 fully saturated rings. The molecule has 0 N–H and O–H groups in total. The Bertz CT molecular complexity index is 950. The molecule has 1 aliphatic carbocycles. The van der Waals surface area contributed by atoms with Gasteiger partial charge in [-0.25, -0.2) is 0 Å². The molecule has 126 valence electrons. The van der Waals surface area contributed by atoms with Crippen LogP contribution in [0.5, 0.6) is 0 Å². The fourth-order valence-electron chi connectivity index (χ4n) is 4.33. The van der Waals surface area contributed by atoms with Crippen LogP contribution in [0.3, 0.4) is 0 Å². The molecule has 1 aromatic heterocycles. The van der Waals surface area contributed by atoms with Crippen molar-refractivity contribution in [3.63, 3.8) is 0 Å². The van der Waals surface area contributed by atoms with Gasteiger partial charge in [-0.05, 0) is 0 Å². The van der Waals surface area contributed by atoms with Crippen LogP contribution in [0.4, 0.5) is 0 Å². The zero-order valence-electron chi connectivity index (χ0n) is 15.7. The van der Waals surface area contributed by atoms with Crippen LogP contribution in [0.25, 0.3) is 22.4 Å². The van der Waals surface area contributed by atoms with Gasteiger partial charge in [0.25, 0.3) is 0 Å². The fraction of sp³-hybridized carbons (Fsp3) is 0.261. The Labute approximate surface area is 153 Å². The van der Waals surface area contributed by atoms with Gasteiger partial charge >= 0.3 is 153 Å². The molecular formula is C23H25GeN. The van der Waals surface area contributed by atoms with Gasteiger partial charge in [-0.2, -0.15) is 0 Å². The minimum atomic E-state index is -1.98. The van der Waals surface area contributed by atoms with Crippen molar-refractivity contribution in [3.05, 3.63) is 71.9 Å². The van der Waals surface area contributed by atoms with Crippen LogP contribution in [-0.4, -0.2) is 18.3 Å². The Morgan fingerprint density at radius 3 is 2.12 bits per heavy atom. The molecule has 1 aliphatic rings. The van der Waals surface area contributed by atoms with Crippen LogP contribution in [0.2, 0.25) is 17.3 Å². The number of pyridine rings is 1. The van der Waals surface area contributed by atoms with Gasteiger partial charge in [0, 0.05) is 0 Å². The molecular weight excluding hydrogens is 363 g/mol. The van der Waals surface area contributed by atoms with Gasteiger partial charge in [0.15, 0.2) is 0 Å². The van der Waals surface area contributed by atoms with Crippen LogP contribution < -0.4 is 4.40 Å². The molecule has 0 radical (unpaired) electrons. The zero-order valence-corrected chi connectivity index (χ0v) is 17.8. The second-order valence-corrected chi connectivity index (χ2v) is 19.1. The molecule has 0 bridgehead atoms. The average Bonchev–Trinajstić information content (AvgIpc) is 2.83. The number of aromatic nitrogens is 1. The molecule has 2 heteroatoms. The van der Waals surface area contributed by atoms with Crippen molar-refractivity contribution in [1.29, 1.82) is 0 Å². The van der Waals surface area contributed by atoms with E-state index in [1.807, 2.05) is 6.20 Å². The summed E-state index contributed by atoms with van der Waals surface area (Å²) < 4.78 is 1.62. The number of hydrogen-bond acceptors (Lipinski definition) is 1. The molecule has 0 spiro atoms. The van der Waals surface area contributed by atoms with Crippen LogP contribution >= 0.6 is 0 Å². The number of nitrogens with zero attached hydrogens (tertiary/aromatic N) is 1. The van der Waals surface area contributed by atoms with E-state index in [9.17, 15) is 0 Å². The van der Waals surface area contributed by atoms with Gasteiger partial charge in [0.1, 0.15) is 0 Å². The summed E-state index contributed by atoms with van der Waals surface area (Å²) in [6.07, 6.45) is 1.97. The van der Waals surface area contributed by atoms with Crippen molar-refractivity contribution in [3.8, 4) is 22.4 Å². The molecule has 0 unspecified atom stereocenters. The van der Waals surface area contributed by atoms with E-state index >= 15 is 0 Å². The molecule has 4 rings (SSSR count). The Balaban J connectivity index is 2.05. The zero-order chi connectivity index (χ0) is 17.8. The Kier molecular flexibility index (Phi) is 3.70. The van der Waals surface area contributed by atoms with Crippen molar-refractivity contribution < 1.29 is 0 Å². The summed E-state index contributed by atoms with van der Waals surface area (Å²) in [5, 5.41) is 0. The first-order valence-corrected chi connectivity index (χ1v) is 16.4. The second-order valence-electron chi connectivity index (χ2n) is 8.55. The molecule has 0 amide bonds. The van der Waals surface area contributed by atoms with Gasteiger partial charge in [-0.15, -0.1) is 0 Å². The summed E-state index contributed by atoms with van der Waals surface area (Å²) in [5.74, 6) is 7.47. The summed E-state index contributed by atoms with van der Waals surface area (Å²) in [5.41, 5.74) is 8.03. The van der Waals surface area contributed by atoms with Crippen LogP contribution in [0.15, 0.2) is 60.8 Å². The molecule has 0 aliphatic heterocycles. The van der Waals surface area contributed by atoms with E-state index in [4.69, 9.17) is 4.98 Å². The first-order valence-electron chi connectivity index (χ1n) is 9.01. The standard InChI is InChI=1S/C23H25GeN/c1-23(2)20-17(12-9-13-19(20)24(3,4)5)18-14-15-25-22(21(18)23)16-10-7-6-8-11-16/h6-15H,1-5H3. The van der Waals surface area contributed by atoms with Crippen molar-refractivity contribution >= 4 is 17.7 Å².